The van der Waals surface area contributed by atoms with Gasteiger partial charge in [-0.2, -0.15) is 0 Å². The maximum absolute atomic E-state index is 6.14. The molecule has 3 N–H and O–H groups in total. The number of H-pyrrole nitrogens is 1. The Morgan fingerprint density at radius 3 is 2.67 bits per heavy atom. The fraction of sp³-hybridized carbons (Fsp3) is 0.533. The normalized spacial score (nSPS) is 17.7. The minimum absolute atomic E-state index is 0.299. The molecule has 18 heavy (non-hydrogen) atoms. The molecule has 96 valence electrons. The molecule has 3 rings (SSSR count). The van der Waals surface area contributed by atoms with E-state index in [0.29, 0.717) is 5.92 Å². The van der Waals surface area contributed by atoms with Crippen molar-refractivity contribution in [2.45, 2.75) is 51.0 Å². The molecule has 0 spiro atoms. The topological polar surface area (TPSA) is 54.7 Å². The lowest BCUT2D eigenvalue weighted by atomic mass is 9.95. The molecule has 1 aromatic carbocycles. The van der Waals surface area contributed by atoms with Gasteiger partial charge in [0.05, 0.1) is 11.0 Å². The summed E-state index contributed by atoms with van der Waals surface area (Å²) in [5.74, 6) is 1.79. The van der Waals surface area contributed by atoms with Gasteiger partial charge in [0, 0.05) is 11.5 Å². The molecule has 3 heteroatoms. The van der Waals surface area contributed by atoms with E-state index in [-0.39, 0.29) is 5.54 Å². The highest BCUT2D eigenvalue weighted by atomic mass is 14.9. The van der Waals surface area contributed by atoms with Gasteiger partial charge in [0.1, 0.15) is 5.82 Å². The van der Waals surface area contributed by atoms with Crippen LogP contribution >= 0.6 is 0 Å². The first-order chi connectivity index (χ1) is 8.54. The quantitative estimate of drug-likeness (QED) is 0.849. The summed E-state index contributed by atoms with van der Waals surface area (Å²) in [6, 6.07) is 6.30. The van der Waals surface area contributed by atoms with Crippen molar-refractivity contribution in [3.63, 3.8) is 0 Å². The minimum atomic E-state index is -0.299. The molecule has 0 aliphatic heterocycles. The highest BCUT2D eigenvalue weighted by molar-refractivity contribution is 5.76. The van der Waals surface area contributed by atoms with Crippen LogP contribution in [0.2, 0.25) is 0 Å². The number of nitrogens with one attached hydrogen (secondary N) is 1. The molecule has 2 aromatic rings. The second kappa shape index (κ2) is 4.09. The van der Waals surface area contributed by atoms with Crippen molar-refractivity contribution < 1.29 is 0 Å². The summed E-state index contributed by atoms with van der Waals surface area (Å²) in [5, 5.41) is 0. The zero-order chi connectivity index (χ0) is 12.8. The van der Waals surface area contributed by atoms with E-state index in [1.165, 1.54) is 25.7 Å². The molecule has 1 fully saturated rings. The Kier molecular flexibility index (Phi) is 2.67. The van der Waals surface area contributed by atoms with E-state index in [2.05, 4.69) is 23.2 Å². The molecule has 1 saturated carbocycles. The van der Waals surface area contributed by atoms with Crippen LogP contribution in [0, 0.1) is 0 Å². The van der Waals surface area contributed by atoms with Gasteiger partial charge in [0.25, 0.3) is 0 Å². The Morgan fingerprint density at radius 2 is 2.00 bits per heavy atom. The van der Waals surface area contributed by atoms with Gasteiger partial charge in [-0.05, 0) is 44.4 Å². The molecular formula is C15H21N3. The highest BCUT2D eigenvalue weighted by Crippen LogP contribution is 2.33. The molecule has 1 aromatic heterocycles. The van der Waals surface area contributed by atoms with Gasteiger partial charge in [0.15, 0.2) is 0 Å². The third-order valence-electron chi connectivity index (χ3n) is 3.99. The predicted octanol–water partition coefficient (Wildman–Crippen LogP) is 3.41. The molecular weight excluding hydrogens is 222 g/mol. The lowest BCUT2D eigenvalue weighted by Gasteiger charge is -2.18. The number of hydrogen-bond acceptors (Lipinski definition) is 2. The van der Waals surface area contributed by atoms with Crippen molar-refractivity contribution >= 4 is 11.0 Å². The van der Waals surface area contributed by atoms with Crippen LogP contribution in [0.25, 0.3) is 11.0 Å². The Morgan fingerprint density at radius 1 is 1.28 bits per heavy atom. The lowest BCUT2D eigenvalue weighted by molar-refractivity contribution is 0.555. The van der Waals surface area contributed by atoms with Gasteiger partial charge in [-0.1, -0.05) is 18.9 Å². The van der Waals surface area contributed by atoms with Crippen molar-refractivity contribution in [2.75, 3.05) is 0 Å². The van der Waals surface area contributed by atoms with Crippen molar-refractivity contribution in [3.8, 4) is 0 Å². The zero-order valence-electron chi connectivity index (χ0n) is 11.2. The van der Waals surface area contributed by atoms with Gasteiger partial charge in [-0.15, -0.1) is 0 Å². The van der Waals surface area contributed by atoms with E-state index in [9.17, 15) is 0 Å². The molecule has 0 radical (unpaired) electrons. The molecule has 1 aliphatic rings. The Hall–Kier alpha value is -1.35. The van der Waals surface area contributed by atoms with Gasteiger partial charge in [-0.3, -0.25) is 0 Å². The first-order valence-electron chi connectivity index (χ1n) is 6.83. The first-order valence-corrected chi connectivity index (χ1v) is 6.83. The maximum Gasteiger partial charge on any atom is 0.110 e. The van der Waals surface area contributed by atoms with Crippen molar-refractivity contribution in [3.05, 3.63) is 29.6 Å². The van der Waals surface area contributed by atoms with Crippen LogP contribution in [-0.2, 0) is 5.54 Å². The summed E-state index contributed by atoms with van der Waals surface area (Å²) in [7, 11) is 0. The van der Waals surface area contributed by atoms with Crippen LogP contribution in [0.5, 0.6) is 0 Å². The molecule has 0 unspecified atom stereocenters. The molecule has 1 aliphatic carbocycles. The van der Waals surface area contributed by atoms with E-state index in [1.54, 1.807) is 0 Å². The van der Waals surface area contributed by atoms with Crippen molar-refractivity contribution in [1.29, 1.82) is 0 Å². The van der Waals surface area contributed by atoms with Crippen LogP contribution in [0.1, 0.15) is 56.8 Å². The Labute approximate surface area is 108 Å². The maximum atomic E-state index is 6.14. The summed E-state index contributed by atoms with van der Waals surface area (Å²) in [5.41, 5.74) is 9.17. The summed E-state index contributed by atoms with van der Waals surface area (Å²) >= 11 is 0. The smallest absolute Gasteiger partial charge is 0.110 e. The van der Waals surface area contributed by atoms with Crippen LogP contribution in [-0.4, -0.2) is 9.97 Å². The van der Waals surface area contributed by atoms with E-state index in [0.717, 1.165) is 22.4 Å². The molecule has 0 saturated heterocycles. The first kappa shape index (κ1) is 11.7. The zero-order valence-corrected chi connectivity index (χ0v) is 11.2. The molecule has 1 heterocycles. The number of fused-ring (bicyclic) bond motifs is 1. The number of benzene rings is 1. The number of rotatable bonds is 2. The second-order valence-electron chi connectivity index (χ2n) is 6.06. The highest BCUT2D eigenvalue weighted by Gasteiger charge is 2.21. The lowest BCUT2D eigenvalue weighted by Crippen LogP contribution is -2.28. The fourth-order valence-corrected chi connectivity index (χ4v) is 2.82. The number of aromatic nitrogens is 2. The Balaban J connectivity index is 2.01. The van der Waals surface area contributed by atoms with Crippen LogP contribution in [0.4, 0.5) is 0 Å². The van der Waals surface area contributed by atoms with E-state index >= 15 is 0 Å². The monoisotopic (exact) mass is 243 g/mol. The van der Waals surface area contributed by atoms with Gasteiger partial charge < -0.3 is 10.7 Å². The van der Waals surface area contributed by atoms with Crippen LogP contribution in [0.15, 0.2) is 18.2 Å². The minimum Gasteiger partial charge on any atom is -0.342 e. The van der Waals surface area contributed by atoms with Crippen LogP contribution < -0.4 is 5.73 Å². The van der Waals surface area contributed by atoms with E-state index in [1.807, 2.05) is 13.8 Å². The van der Waals surface area contributed by atoms with E-state index in [4.69, 9.17) is 10.7 Å². The summed E-state index contributed by atoms with van der Waals surface area (Å²) in [6.45, 7) is 4.06. The number of nitrogens with zero attached hydrogens (tertiary/aromatic N) is 1. The summed E-state index contributed by atoms with van der Waals surface area (Å²) < 4.78 is 0. The SMILES string of the molecule is CC(C)(N)c1ccc2nc(C3CCCC3)[nH]c2c1. The summed E-state index contributed by atoms with van der Waals surface area (Å²) in [6.07, 6.45) is 5.22. The van der Waals surface area contributed by atoms with Gasteiger partial charge >= 0.3 is 0 Å². The molecule has 0 amide bonds. The largest absolute Gasteiger partial charge is 0.342 e. The number of nitrogens with two attached hydrogens (primary N) is 1. The number of aromatic amines is 1. The van der Waals surface area contributed by atoms with Crippen molar-refractivity contribution in [2.24, 2.45) is 5.73 Å². The van der Waals surface area contributed by atoms with Crippen LogP contribution in [0.3, 0.4) is 0 Å². The fourth-order valence-electron chi connectivity index (χ4n) is 2.82. The van der Waals surface area contributed by atoms with Gasteiger partial charge in [0.2, 0.25) is 0 Å². The van der Waals surface area contributed by atoms with E-state index < -0.39 is 0 Å². The number of hydrogen-bond donors (Lipinski definition) is 2. The van der Waals surface area contributed by atoms with Crippen molar-refractivity contribution in [1.82, 2.24) is 9.97 Å². The molecule has 0 bridgehead atoms. The summed E-state index contributed by atoms with van der Waals surface area (Å²) in [4.78, 5) is 8.20. The standard InChI is InChI=1S/C15H21N3/c1-15(2,16)11-7-8-12-13(9-11)18-14(17-12)10-5-3-4-6-10/h7-10H,3-6,16H2,1-2H3,(H,17,18). The number of imidazole rings is 1. The van der Waals surface area contributed by atoms with Gasteiger partial charge in [-0.25, -0.2) is 4.98 Å². The third-order valence-corrected chi connectivity index (χ3v) is 3.99. The average molecular weight is 243 g/mol. The average Bonchev–Trinajstić information content (AvgIpc) is 2.95. The Bertz CT molecular complexity index is 557. The molecule has 3 nitrogen and oxygen atoms in total. The molecule has 0 atom stereocenters. The predicted molar refractivity (Wildman–Crippen MR) is 74.5 cm³/mol. The second-order valence-corrected chi connectivity index (χ2v) is 6.06. The third kappa shape index (κ3) is 2.03.